The van der Waals surface area contributed by atoms with Crippen molar-refractivity contribution >= 4 is 66.7 Å². The summed E-state index contributed by atoms with van der Waals surface area (Å²) in [4.78, 5) is 47.1. The van der Waals surface area contributed by atoms with E-state index in [1.165, 1.54) is 25.3 Å². The number of imide groups is 1. The zero-order valence-corrected chi connectivity index (χ0v) is 21.8. The number of benzene rings is 2. The summed E-state index contributed by atoms with van der Waals surface area (Å²) in [5.41, 5.74) is 0.0733. The average molecular weight is 601 g/mol. The molecule has 36 heavy (non-hydrogen) atoms. The maximum atomic E-state index is 12.7. The fourth-order valence-corrected chi connectivity index (χ4v) is 5.36. The van der Waals surface area contributed by atoms with E-state index >= 15 is 0 Å². The first-order valence-electron chi connectivity index (χ1n) is 9.94. The molecule has 15 heteroatoms. The van der Waals surface area contributed by atoms with E-state index in [0.717, 1.165) is 29.2 Å². The van der Waals surface area contributed by atoms with Crippen molar-refractivity contribution in [2.24, 2.45) is 0 Å². The number of nitro benzene ring substituents is 1. The number of halogens is 1. The third-order valence-corrected chi connectivity index (χ3v) is 7.28. The number of esters is 1. The van der Waals surface area contributed by atoms with Crippen LogP contribution >= 0.6 is 27.7 Å². The summed E-state index contributed by atoms with van der Waals surface area (Å²) in [6.45, 7) is 1.19. The van der Waals surface area contributed by atoms with E-state index in [1.807, 2.05) is 0 Å². The molecule has 0 radical (unpaired) electrons. The van der Waals surface area contributed by atoms with Crippen LogP contribution in [0.1, 0.15) is 12.5 Å². The lowest BCUT2D eigenvalue weighted by Crippen LogP contribution is -2.34. The van der Waals surface area contributed by atoms with Crippen molar-refractivity contribution in [2.75, 3.05) is 20.3 Å². The van der Waals surface area contributed by atoms with Gasteiger partial charge in [0, 0.05) is 12.1 Å². The molecule has 0 aromatic heterocycles. The highest BCUT2D eigenvalue weighted by Gasteiger charge is 2.36. The van der Waals surface area contributed by atoms with E-state index < -0.39 is 38.7 Å². The summed E-state index contributed by atoms with van der Waals surface area (Å²) in [6, 6.07) is 6.94. The molecule has 2 amide bonds. The molecule has 2 aromatic rings. The van der Waals surface area contributed by atoms with Gasteiger partial charge in [-0.05, 0) is 70.5 Å². The predicted molar refractivity (Wildman–Crippen MR) is 131 cm³/mol. The number of rotatable bonds is 9. The Labute approximate surface area is 217 Å². The van der Waals surface area contributed by atoms with Crippen molar-refractivity contribution in [3.05, 3.63) is 61.5 Å². The van der Waals surface area contributed by atoms with E-state index in [9.17, 15) is 32.9 Å². The number of ether oxygens (including phenoxy) is 2. The fourth-order valence-electron chi connectivity index (χ4n) is 2.92. The number of thioether (sulfide) groups is 1. The van der Waals surface area contributed by atoms with Gasteiger partial charge in [-0.15, -0.1) is 0 Å². The number of carbonyl (C=O) groups is 3. The van der Waals surface area contributed by atoms with Crippen LogP contribution in [-0.2, 0) is 24.4 Å². The standard InChI is InChI=1S/C21H17BrN2O10S2/c1-3-33-18(25)11-23-20(26)17(35-21(23)27)10-12-8-15(22)19(16(9-12)32-2)34-36(30,31)14-6-4-13(5-7-14)24(28)29/h4-10H,3,11H2,1-2H3/b17-10-. The van der Waals surface area contributed by atoms with Crippen LogP contribution in [0, 0.1) is 10.1 Å². The predicted octanol–water partition coefficient (Wildman–Crippen LogP) is 3.73. The van der Waals surface area contributed by atoms with Crippen molar-refractivity contribution in [1.82, 2.24) is 4.90 Å². The lowest BCUT2D eigenvalue weighted by molar-refractivity contribution is -0.384. The van der Waals surface area contributed by atoms with Gasteiger partial charge in [-0.2, -0.15) is 8.42 Å². The lowest BCUT2D eigenvalue weighted by atomic mass is 10.2. The van der Waals surface area contributed by atoms with Gasteiger partial charge in [0.25, 0.3) is 16.8 Å². The first-order chi connectivity index (χ1) is 17.0. The highest BCUT2D eigenvalue weighted by Crippen LogP contribution is 2.40. The minimum absolute atomic E-state index is 0.0214. The molecule has 0 aliphatic carbocycles. The van der Waals surface area contributed by atoms with Crippen molar-refractivity contribution in [2.45, 2.75) is 11.8 Å². The fraction of sp³-hybridized carbons (Fsp3) is 0.190. The largest absolute Gasteiger partial charge is 0.493 e. The number of hydrogen-bond acceptors (Lipinski definition) is 11. The Bertz CT molecular complexity index is 1370. The number of methoxy groups -OCH3 is 1. The van der Waals surface area contributed by atoms with Gasteiger partial charge in [0.1, 0.15) is 11.4 Å². The van der Waals surface area contributed by atoms with Gasteiger partial charge in [-0.3, -0.25) is 29.4 Å². The Hall–Kier alpha value is -3.43. The Morgan fingerprint density at radius 3 is 2.47 bits per heavy atom. The number of hydrogen-bond donors (Lipinski definition) is 0. The summed E-state index contributed by atoms with van der Waals surface area (Å²) in [5.74, 6) is -1.63. The molecular weight excluding hydrogens is 584 g/mol. The number of carbonyl (C=O) groups excluding carboxylic acids is 3. The van der Waals surface area contributed by atoms with Crippen LogP contribution in [0.15, 0.2) is 50.7 Å². The summed E-state index contributed by atoms with van der Waals surface area (Å²) in [6.07, 6.45) is 1.37. The minimum Gasteiger partial charge on any atom is -0.493 e. The molecule has 1 aliphatic heterocycles. The second kappa shape index (κ2) is 11.1. The molecule has 190 valence electrons. The van der Waals surface area contributed by atoms with Crippen LogP contribution in [0.5, 0.6) is 11.5 Å². The molecule has 3 rings (SSSR count). The molecule has 0 atom stereocenters. The van der Waals surface area contributed by atoms with E-state index in [2.05, 4.69) is 15.9 Å². The molecule has 1 saturated heterocycles. The van der Waals surface area contributed by atoms with Gasteiger partial charge >= 0.3 is 16.1 Å². The highest BCUT2D eigenvalue weighted by molar-refractivity contribution is 9.10. The second-order valence-corrected chi connectivity index (χ2v) is 10.3. The van der Waals surface area contributed by atoms with Gasteiger partial charge in [-0.1, -0.05) is 0 Å². The van der Waals surface area contributed by atoms with Crippen LogP contribution in [0.3, 0.4) is 0 Å². The van der Waals surface area contributed by atoms with Crippen molar-refractivity contribution in [3.8, 4) is 11.5 Å². The number of non-ortho nitro benzene ring substituents is 1. The van der Waals surface area contributed by atoms with E-state index in [-0.39, 0.29) is 38.1 Å². The van der Waals surface area contributed by atoms with Gasteiger partial charge in [0.05, 0.1) is 28.0 Å². The van der Waals surface area contributed by atoms with E-state index in [1.54, 1.807) is 6.92 Å². The first kappa shape index (κ1) is 27.2. The zero-order valence-electron chi connectivity index (χ0n) is 18.6. The van der Waals surface area contributed by atoms with Crippen molar-refractivity contribution in [1.29, 1.82) is 0 Å². The van der Waals surface area contributed by atoms with Crippen molar-refractivity contribution in [3.63, 3.8) is 0 Å². The van der Waals surface area contributed by atoms with Gasteiger partial charge in [0.15, 0.2) is 11.5 Å². The normalized spacial score (nSPS) is 14.8. The Balaban J connectivity index is 1.87. The molecule has 0 saturated carbocycles. The van der Waals surface area contributed by atoms with Gasteiger partial charge < -0.3 is 13.7 Å². The van der Waals surface area contributed by atoms with Crippen LogP contribution in [-0.4, -0.2) is 55.6 Å². The van der Waals surface area contributed by atoms with E-state index in [0.29, 0.717) is 17.3 Å². The quantitative estimate of drug-likeness (QED) is 0.135. The lowest BCUT2D eigenvalue weighted by Gasteiger charge is -2.13. The maximum Gasteiger partial charge on any atom is 0.339 e. The molecule has 2 aromatic carbocycles. The number of nitro groups is 1. The van der Waals surface area contributed by atoms with Crippen LogP contribution in [0.4, 0.5) is 10.5 Å². The van der Waals surface area contributed by atoms with Gasteiger partial charge in [-0.25, -0.2) is 0 Å². The maximum absolute atomic E-state index is 12.7. The molecule has 1 aliphatic rings. The average Bonchev–Trinajstić information content (AvgIpc) is 3.08. The van der Waals surface area contributed by atoms with E-state index in [4.69, 9.17) is 13.7 Å². The minimum atomic E-state index is -4.39. The monoisotopic (exact) mass is 600 g/mol. The molecular formula is C21H17BrN2O10S2. The molecule has 0 N–H and O–H groups in total. The van der Waals surface area contributed by atoms with Crippen LogP contribution in [0.25, 0.3) is 6.08 Å². The molecule has 0 bridgehead atoms. The first-order valence-corrected chi connectivity index (χ1v) is 13.0. The summed E-state index contributed by atoms with van der Waals surface area (Å²) in [7, 11) is -3.12. The summed E-state index contributed by atoms with van der Waals surface area (Å²) >= 11 is 3.84. The summed E-state index contributed by atoms with van der Waals surface area (Å²) < 4.78 is 40.8. The van der Waals surface area contributed by atoms with Crippen LogP contribution < -0.4 is 8.92 Å². The summed E-state index contributed by atoms with van der Waals surface area (Å²) in [5, 5.41) is 10.2. The van der Waals surface area contributed by atoms with Crippen molar-refractivity contribution < 1.29 is 41.4 Å². The third kappa shape index (κ3) is 6.03. The third-order valence-electron chi connectivity index (χ3n) is 4.54. The topological polar surface area (TPSA) is 159 Å². The SMILES string of the molecule is CCOC(=O)CN1C(=O)S/C(=C\c2cc(Br)c(OS(=O)(=O)c3ccc([N+](=O)[O-])cc3)c(OC)c2)C1=O. The molecule has 0 unspecified atom stereocenters. The molecule has 0 spiro atoms. The van der Waals surface area contributed by atoms with Crippen LogP contribution in [0.2, 0.25) is 0 Å². The highest BCUT2D eigenvalue weighted by atomic mass is 79.9. The zero-order chi connectivity index (χ0) is 26.6. The Morgan fingerprint density at radius 1 is 1.22 bits per heavy atom. The Morgan fingerprint density at radius 2 is 1.89 bits per heavy atom. The Kier molecular flexibility index (Phi) is 8.37. The molecule has 12 nitrogen and oxygen atoms in total. The smallest absolute Gasteiger partial charge is 0.339 e. The number of amides is 2. The molecule has 1 fully saturated rings. The number of nitrogens with zero attached hydrogens (tertiary/aromatic N) is 2. The molecule has 1 heterocycles. The van der Waals surface area contributed by atoms with Gasteiger partial charge in [0.2, 0.25) is 0 Å². The second-order valence-electron chi connectivity index (χ2n) is 6.90.